The fraction of sp³-hybridized carbons (Fsp3) is 0.321. The number of carbonyl (C=O) groups excluding carboxylic acids is 9. The third-order valence-electron chi connectivity index (χ3n) is 20.6. The van der Waals surface area contributed by atoms with Crippen molar-refractivity contribution in [3.63, 3.8) is 0 Å². The number of rotatable bonds is 28. The van der Waals surface area contributed by atoms with E-state index in [2.05, 4.69) is 146 Å². The Morgan fingerprint density at radius 2 is 0.793 bits per heavy atom. The predicted octanol–water partition coefficient (Wildman–Crippen LogP) is 0.265. The van der Waals surface area contributed by atoms with Crippen LogP contribution in [-0.4, -0.2) is 211 Å². The van der Waals surface area contributed by atoms with Gasteiger partial charge in [0.05, 0.1) is 56.5 Å². The Morgan fingerprint density at radius 1 is 0.438 bits per heavy atom. The highest BCUT2D eigenvalue weighted by Gasteiger charge is 2.45. The van der Waals surface area contributed by atoms with Crippen LogP contribution in [0.5, 0.6) is 0 Å². The largest absolute Gasteiger partial charge is 0.481 e. The van der Waals surface area contributed by atoms with E-state index in [4.69, 9.17) is 22.3 Å². The molecule has 0 spiro atoms. The van der Waals surface area contributed by atoms with Crippen LogP contribution in [0.15, 0.2) is 182 Å². The van der Waals surface area contributed by atoms with Gasteiger partial charge in [-0.2, -0.15) is 0 Å². The summed E-state index contributed by atoms with van der Waals surface area (Å²) in [6, 6.07) is 42.6. The molecule has 0 saturated carbocycles. The van der Waals surface area contributed by atoms with Gasteiger partial charge in [0.25, 0.3) is 0 Å². The molecule has 121 heavy (non-hydrogen) atoms. The van der Waals surface area contributed by atoms with E-state index in [0.717, 1.165) is 44.5 Å². The molecule has 9 atom stereocenters. The molecule has 2 saturated heterocycles. The second-order valence-corrected chi connectivity index (χ2v) is 34.4. The number of guanidine groups is 2. The molecule has 3 aliphatic heterocycles. The number of allylic oxidation sites excluding steroid dienone is 2. The van der Waals surface area contributed by atoms with Gasteiger partial charge in [0.15, 0.2) is 11.9 Å². The van der Waals surface area contributed by atoms with Gasteiger partial charge in [-0.05, 0) is 91.7 Å². The van der Waals surface area contributed by atoms with Crippen LogP contribution in [0.4, 0.5) is 0 Å². The molecule has 11 rings (SSSR count). The van der Waals surface area contributed by atoms with E-state index in [1.807, 2.05) is 60.7 Å². The van der Waals surface area contributed by atoms with Crippen LogP contribution in [-0.2, 0) is 91.5 Å². The number of carbonyl (C=O) groups is 11. The Hall–Kier alpha value is -14.1. The number of nitrogens with zero attached hydrogens (tertiary/aromatic N) is 6. The van der Waals surface area contributed by atoms with E-state index < -0.39 is 154 Å². The number of hydrogen-bond donors (Lipinski definition) is 19. The summed E-state index contributed by atoms with van der Waals surface area (Å²) in [5, 5.41) is 97.2. The van der Waals surface area contributed by atoms with Crippen molar-refractivity contribution in [2.75, 3.05) is 26.2 Å². The average Bonchev–Trinajstić information content (AvgIpc) is 1.56. The van der Waals surface area contributed by atoms with Crippen molar-refractivity contribution in [1.29, 1.82) is 10.8 Å². The van der Waals surface area contributed by atoms with Crippen LogP contribution >= 0.6 is 0 Å². The molecule has 2 aromatic heterocycles. The van der Waals surface area contributed by atoms with Gasteiger partial charge in [0, 0.05) is 51.2 Å². The Balaban J connectivity index is 0.845. The third kappa shape index (κ3) is 24.5. The van der Waals surface area contributed by atoms with Crippen LogP contribution in [0.25, 0.3) is 21.5 Å². The highest BCUT2D eigenvalue weighted by atomic mass is 28.3. The summed E-state index contributed by atoms with van der Waals surface area (Å²) in [7, 11) is -2.79. The lowest BCUT2D eigenvalue weighted by Gasteiger charge is -2.27. The van der Waals surface area contributed by atoms with Gasteiger partial charge in [0.1, 0.15) is 56.6 Å². The first-order valence-electron chi connectivity index (χ1n) is 39.5. The first kappa shape index (κ1) is 87.8. The maximum absolute atomic E-state index is 14.7. The maximum atomic E-state index is 14.7. The number of benzene rings is 6. The third-order valence-corrected chi connectivity index (χ3v) is 24.2. The van der Waals surface area contributed by atoms with Crippen LogP contribution in [0.3, 0.4) is 0 Å². The topological polar surface area (TPSA) is 554 Å². The number of aromatic nitrogens is 6. The van der Waals surface area contributed by atoms with Crippen molar-refractivity contribution >= 4 is 107 Å². The van der Waals surface area contributed by atoms with Gasteiger partial charge >= 0.3 is 11.9 Å². The molecule has 9 amide bonds. The van der Waals surface area contributed by atoms with Crippen LogP contribution in [0.1, 0.15) is 94.4 Å². The Labute approximate surface area is 696 Å². The minimum absolute atomic E-state index is 0.000893. The van der Waals surface area contributed by atoms with Gasteiger partial charge in [-0.15, -0.1) is 10.2 Å². The zero-order valence-corrected chi connectivity index (χ0v) is 67.5. The molecule has 5 heterocycles. The number of aliphatic hydroxyl groups is 1. The number of carboxylic acids is 2. The molecule has 36 nitrogen and oxygen atoms in total. The molecule has 632 valence electrons. The second kappa shape index (κ2) is 41.4. The summed E-state index contributed by atoms with van der Waals surface area (Å²) in [5.41, 5.74) is 20.5. The molecule has 0 aliphatic carbocycles. The van der Waals surface area contributed by atoms with Gasteiger partial charge in [-0.3, -0.25) is 68.9 Å². The number of aliphatic carboxylic acids is 2. The SMILES string of the molecule is C[Si]1(C)C(c2ccc(Cn3cc(C[C@@H]4NC(=O)[C@@H](Cc5ccccc5)NC(=O)[C@H](CC(=O)O)NC(=O)CNC(=O)[C@H](CCCNC(=N)N)NC4=O)nn3)cc2)=C(c2ccccc2)C(c2ccccc2)=C1c1ccc(Cn2cc(C[C@@H]3NC(=O)[C@@H](Cc4ccccc4)NC(=O)[C@H](CC(=O)O)NC(O)CNC(=O)[C@H](CCCNC(=N)N)NC3=O)nn2)cc1. The van der Waals surface area contributed by atoms with E-state index in [9.17, 15) is 68.1 Å². The normalized spacial score (nSPS) is 21.0. The van der Waals surface area contributed by atoms with Gasteiger partial charge in [0.2, 0.25) is 53.2 Å². The number of nitrogens with two attached hydrogens (primary N) is 2. The van der Waals surface area contributed by atoms with Gasteiger partial charge < -0.3 is 85.3 Å². The van der Waals surface area contributed by atoms with Gasteiger partial charge in [-0.25, -0.2) is 9.36 Å². The standard InChI is InChI=1S/C84H98N22O14Si/c1-121(2)73(55-31-27-51(28-32-55)45-105-47-57(101-103-105)39-63-79(117)95-59(25-15-35-89-83(85)86)75(113)91-43-67(107)93-65(41-69(109)110)81(119)97-61(77(115)99-63)37-49-17-7-3-8-18-49)71(53-21-11-5-12-22-53)72(54-23-13-6-14-24-54)74(121)56-33-29-52(30-34-56)46-106-48-58(102-104-106)40-64-80(118)96-60(26-16-36-90-84(87)88)76(114)92-44-68(108)94-66(42-70(111)112)82(120)98-62(78(116)100-64)38-50-19-9-4-10-20-50/h3-14,17-24,27-34,47-48,59-67,93,107H,15-16,25-26,35-46H2,1-2H3,(H,91,113)(H,92,114)(H,94,108)(H,95,117)(H,96,118)(H,97,119)(H,98,120)(H,99,115)(H,100,116)(H,109,110)(H,111,112)(H4,85,86,89)(H4,87,88,90)/t59-,60-,61+,62+,63-,64-,65-,66-,67?/m0/s1. The summed E-state index contributed by atoms with van der Waals surface area (Å²) in [6.45, 7) is 4.15. The van der Waals surface area contributed by atoms with Crippen molar-refractivity contribution in [3.8, 4) is 0 Å². The minimum atomic E-state index is -2.79. The zero-order valence-electron chi connectivity index (χ0n) is 66.5. The molecule has 1 unspecified atom stereocenters. The summed E-state index contributed by atoms with van der Waals surface area (Å²) in [4.78, 5) is 151. The fourth-order valence-electron chi connectivity index (χ4n) is 14.9. The van der Waals surface area contributed by atoms with Crippen molar-refractivity contribution < 1.29 is 68.1 Å². The molecule has 2 fully saturated rings. The van der Waals surface area contributed by atoms with Crippen molar-refractivity contribution in [2.45, 2.75) is 145 Å². The van der Waals surface area contributed by atoms with E-state index in [0.29, 0.717) is 11.1 Å². The highest BCUT2D eigenvalue weighted by Crippen LogP contribution is 2.55. The number of hydrogen-bond acceptors (Lipinski definition) is 19. The Bertz CT molecular complexity index is 5110. The van der Waals surface area contributed by atoms with E-state index in [1.165, 1.54) is 10.4 Å². The number of β-amino-alcohol motifs (C(OH)–C–C–N with tert-alkyl or cyclic N) is 1. The average molecular weight is 1670 g/mol. The molecule has 37 heteroatoms. The zero-order chi connectivity index (χ0) is 86.3. The lowest BCUT2D eigenvalue weighted by atomic mass is 9.89. The van der Waals surface area contributed by atoms with Crippen molar-refractivity contribution in [1.82, 2.24) is 93.8 Å². The molecule has 0 radical (unpaired) electrons. The molecule has 21 N–H and O–H groups in total. The lowest BCUT2D eigenvalue weighted by Crippen LogP contribution is -2.58. The fourth-order valence-corrected chi connectivity index (χ4v) is 18.7. The Morgan fingerprint density at radius 3 is 1.19 bits per heavy atom. The predicted molar refractivity (Wildman–Crippen MR) is 448 cm³/mol. The number of nitrogens with one attached hydrogen (secondary N) is 14. The highest BCUT2D eigenvalue weighted by molar-refractivity contribution is 7.13. The van der Waals surface area contributed by atoms with Gasteiger partial charge in [-0.1, -0.05) is 193 Å². The van der Waals surface area contributed by atoms with Crippen LogP contribution < -0.4 is 75.3 Å². The lowest BCUT2D eigenvalue weighted by molar-refractivity contribution is -0.141. The van der Waals surface area contributed by atoms with Crippen LogP contribution in [0, 0.1) is 10.8 Å². The molecule has 0 bridgehead atoms. The maximum Gasteiger partial charge on any atom is 0.305 e. The summed E-state index contributed by atoms with van der Waals surface area (Å²) >= 11 is 0. The van der Waals surface area contributed by atoms with E-state index in [-0.39, 0.29) is 101 Å². The van der Waals surface area contributed by atoms with Crippen molar-refractivity contribution in [2.24, 2.45) is 11.5 Å². The first-order chi connectivity index (χ1) is 58.1. The van der Waals surface area contributed by atoms with E-state index >= 15 is 0 Å². The molecular formula is C84H98N22O14Si. The quantitative estimate of drug-likeness (QED) is 0.0135. The molecule has 3 aliphatic rings. The van der Waals surface area contributed by atoms with E-state index in [1.54, 1.807) is 82.4 Å². The number of amides is 9. The second-order valence-electron chi connectivity index (χ2n) is 30.2. The summed E-state index contributed by atoms with van der Waals surface area (Å²) < 4.78 is 3.16. The molecule has 8 aromatic rings. The van der Waals surface area contributed by atoms with Crippen molar-refractivity contribution in [3.05, 3.63) is 238 Å². The minimum Gasteiger partial charge on any atom is -0.481 e. The molecular weight excluding hydrogens is 1570 g/mol. The number of carboxylic acid groups (broad SMARTS) is 2. The summed E-state index contributed by atoms with van der Waals surface area (Å²) in [6.07, 6.45) is -0.432. The number of aliphatic hydroxyl groups excluding tert-OH is 1. The van der Waals surface area contributed by atoms with Crippen LogP contribution in [0.2, 0.25) is 13.1 Å². The monoisotopic (exact) mass is 1670 g/mol. The summed E-state index contributed by atoms with van der Waals surface area (Å²) in [5.74, 6) is -11.2. The Kier molecular flexibility index (Phi) is 30.0. The smallest absolute Gasteiger partial charge is 0.305 e. The first-order valence-corrected chi connectivity index (χ1v) is 42.5. The molecule has 6 aromatic carbocycles.